The summed E-state index contributed by atoms with van der Waals surface area (Å²) < 4.78 is 37.8. The molecule has 0 aliphatic heterocycles. The Morgan fingerprint density at radius 3 is 2.10 bits per heavy atom. The van der Waals surface area contributed by atoms with E-state index in [2.05, 4.69) is 15.9 Å². The minimum atomic E-state index is -4.42. The second-order valence-electron chi connectivity index (χ2n) is 3.64. The highest BCUT2D eigenvalue weighted by Crippen LogP contribution is 2.22. The van der Waals surface area contributed by atoms with Crippen LogP contribution in [0.2, 0.25) is 0 Å². The van der Waals surface area contributed by atoms with Crippen LogP contribution in [0.1, 0.15) is 0 Å². The van der Waals surface area contributed by atoms with Gasteiger partial charge in [0.15, 0.2) is 0 Å². The molecule has 1 aromatic rings. The average Bonchev–Trinajstić information content (AvgIpc) is 2.30. The topological polar surface area (TPSA) is 112 Å². The number of sulfonamides is 1. The van der Waals surface area contributed by atoms with Crippen LogP contribution in [0.5, 0.6) is 0 Å². The first kappa shape index (κ1) is 16.5. The van der Waals surface area contributed by atoms with Gasteiger partial charge in [-0.1, -0.05) is 0 Å². The minimum absolute atomic E-state index is 0.0273. The maximum atomic E-state index is 13.3. The summed E-state index contributed by atoms with van der Waals surface area (Å²) in [5.74, 6) is -3.91. The Labute approximate surface area is 121 Å². The predicted molar refractivity (Wildman–Crippen MR) is 68.1 cm³/mol. The van der Waals surface area contributed by atoms with Crippen molar-refractivity contribution in [3.63, 3.8) is 0 Å². The van der Waals surface area contributed by atoms with Crippen LogP contribution in [0.25, 0.3) is 0 Å². The molecule has 0 fully saturated rings. The molecule has 0 bridgehead atoms. The van der Waals surface area contributed by atoms with Gasteiger partial charge in [0.2, 0.25) is 10.0 Å². The monoisotopic (exact) mass is 369 g/mol. The fourth-order valence-electron chi connectivity index (χ4n) is 1.31. The summed E-state index contributed by atoms with van der Waals surface area (Å²) >= 11 is 2.84. The molecular weight excluding hydrogens is 361 g/mol. The fourth-order valence-corrected chi connectivity index (χ4v) is 2.91. The number of hydrogen-bond donors (Lipinski definition) is 2. The molecule has 110 valence electrons. The lowest BCUT2D eigenvalue weighted by Gasteiger charge is -2.18. The Morgan fingerprint density at radius 2 is 1.70 bits per heavy atom. The largest absolute Gasteiger partial charge is 0.480 e. The van der Waals surface area contributed by atoms with E-state index in [-0.39, 0.29) is 8.78 Å². The fraction of sp³-hybridized carbons (Fsp3) is 0.200. The molecule has 10 heteroatoms. The van der Waals surface area contributed by atoms with Gasteiger partial charge in [0.25, 0.3) is 0 Å². The van der Waals surface area contributed by atoms with E-state index >= 15 is 0 Å². The molecule has 1 aromatic carbocycles. The van der Waals surface area contributed by atoms with Gasteiger partial charge in [0.05, 0.1) is 9.37 Å². The van der Waals surface area contributed by atoms with E-state index in [0.29, 0.717) is 6.07 Å². The van der Waals surface area contributed by atoms with Gasteiger partial charge in [-0.25, -0.2) is 12.8 Å². The van der Waals surface area contributed by atoms with Crippen molar-refractivity contribution >= 4 is 37.9 Å². The van der Waals surface area contributed by atoms with Crippen LogP contribution in [-0.4, -0.2) is 48.0 Å². The first-order valence-electron chi connectivity index (χ1n) is 5.03. The van der Waals surface area contributed by atoms with Crippen LogP contribution in [0.15, 0.2) is 27.6 Å². The zero-order valence-electron chi connectivity index (χ0n) is 9.79. The summed E-state index contributed by atoms with van der Waals surface area (Å²) in [4.78, 5) is 20.7. The van der Waals surface area contributed by atoms with Gasteiger partial charge in [-0.2, -0.15) is 4.31 Å². The highest BCUT2D eigenvalue weighted by atomic mass is 79.9. The molecule has 0 spiro atoms. The Hall–Kier alpha value is -1.52. The molecule has 0 heterocycles. The predicted octanol–water partition coefficient (Wildman–Crippen LogP) is 0.748. The summed E-state index contributed by atoms with van der Waals surface area (Å²) in [6.45, 7) is -2.07. The third kappa shape index (κ3) is 3.99. The van der Waals surface area contributed by atoms with Crippen molar-refractivity contribution in [3.05, 3.63) is 28.5 Å². The van der Waals surface area contributed by atoms with E-state index in [0.717, 1.165) is 12.1 Å². The lowest BCUT2D eigenvalue weighted by Crippen LogP contribution is -2.39. The van der Waals surface area contributed by atoms with Crippen molar-refractivity contribution in [2.24, 2.45) is 0 Å². The first-order valence-corrected chi connectivity index (χ1v) is 7.26. The molecule has 0 unspecified atom stereocenters. The second kappa shape index (κ2) is 6.29. The van der Waals surface area contributed by atoms with Crippen LogP contribution in [0.4, 0.5) is 4.39 Å². The van der Waals surface area contributed by atoms with Crippen molar-refractivity contribution in [2.45, 2.75) is 4.90 Å². The van der Waals surface area contributed by atoms with Gasteiger partial charge in [-0.3, -0.25) is 9.59 Å². The summed E-state index contributed by atoms with van der Waals surface area (Å²) in [5.41, 5.74) is 0. The molecule has 0 aliphatic carbocycles. The van der Waals surface area contributed by atoms with Gasteiger partial charge in [-0.15, -0.1) is 0 Å². The maximum Gasteiger partial charge on any atom is 0.318 e. The molecule has 0 saturated carbocycles. The molecule has 20 heavy (non-hydrogen) atoms. The van der Waals surface area contributed by atoms with Crippen molar-refractivity contribution in [1.82, 2.24) is 4.31 Å². The van der Waals surface area contributed by atoms with Crippen LogP contribution in [0, 0.1) is 5.82 Å². The first-order chi connectivity index (χ1) is 9.14. The summed E-state index contributed by atoms with van der Waals surface area (Å²) in [6.07, 6.45) is 0. The van der Waals surface area contributed by atoms with Crippen molar-refractivity contribution in [2.75, 3.05) is 13.1 Å². The molecule has 0 radical (unpaired) electrons. The Morgan fingerprint density at radius 1 is 1.20 bits per heavy atom. The number of nitrogens with zero attached hydrogens (tertiary/aromatic N) is 1. The van der Waals surface area contributed by atoms with Gasteiger partial charge < -0.3 is 10.2 Å². The minimum Gasteiger partial charge on any atom is -0.480 e. The third-order valence-corrected chi connectivity index (χ3v) is 4.58. The Kier molecular flexibility index (Phi) is 5.20. The van der Waals surface area contributed by atoms with E-state index in [4.69, 9.17) is 10.2 Å². The lowest BCUT2D eigenvalue weighted by atomic mass is 10.3. The number of benzene rings is 1. The lowest BCUT2D eigenvalue weighted by molar-refractivity contribution is -0.139. The zero-order chi connectivity index (χ0) is 15.5. The SMILES string of the molecule is O=C(O)CN(CC(=O)O)S(=O)(=O)c1ccc(Br)c(F)c1. The summed E-state index contributed by atoms with van der Waals surface area (Å²) in [7, 11) is -4.42. The second-order valence-corrected chi connectivity index (χ2v) is 6.43. The molecule has 7 nitrogen and oxygen atoms in total. The Balaban J connectivity index is 3.24. The van der Waals surface area contributed by atoms with E-state index in [9.17, 15) is 22.4 Å². The molecule has 1 rings (SSSR count). The maximum absolute atomic E-state index is 13.3. The van der Waals surface area contributed by atoms with E-state index in [1.165, 1.54) is 0 Å². The van der Waals surface area contributed by atoms with Gasteiger partial charge in [-0.05, 0) is 34.1 Å². The molecule has 0 atom stereocenters. The normalized spacial score (nSPS) is 11.6. The van der Waals surface area contributed by atoms with Gasteiger partial charge in [0.1, 0.15) is 18.9 Å². The van der Waals surface area contributed by atoms with Crippen LogP contribution in [-0.2, 0) is 19.6 Å². The highest BCUT2D eigenvalue weighted by molar-refractivity contribution is 9.10. The van der Waals surface area contributed by atoms with Gasteiger partial charge in [0, 0.05) is 0 Å². The van der Waals surface area contributed by atoms with E-state index < -0.39 is 45.8 Å². The number of hydrogen-bond acceptors (Lipinski definition) is 4. The zero-order valence-corrected chi connectivity index (χ0v) is 12.2. The van der Waals surface area contributed by atoms with E-state index in [1.807, 2.05) is 0 Å². The number of carboxylic acids is 2. The quantitative estimate of drug-likeness (QED) is 0.764. The smallest absolute Gasteiger partial charge is 0.318 e. The molecule has 0 amide bonds. The molecular formula is C10H9BrFNO6S. The standard InChI is InChI=1S/C10H9BrFNO6S/c11-7-2-1-6(3-8(7)12)20(18,19)13(4-9(14)15)5-10(16)17/h1-3H,4-5H2,(H,14,15)(H,16,17). The number of halogens is 2. The Bertz CT molecular complexity index is 631. The summed E-state index contributed by atoms with van der Waals surface area (Å²) in [5, 5.41) is 17.3. The molecule has 0 aromatic heterocycles. The van der Waals surface area contributed by atoms with Crippen LogP contribution in [0.3, 0.4) is 0 Å². The highest BCUT2D eigenvalue weighted by Gasteiger charge is 2.29. The van der Waals surface area contributed by atoms with E-state index in [1.54, 1.807) is 0 Å². The number of carbonyl (C=O) groups is 2. The van der Waals surface area contributed by atoms with Crippen molar-refractivity contribution < 1.29 is 32.6 Å². The molecule has 2 N–H and O–H groups in total. The van der Waals surface area contributed by atoms with Crippen molar-refractivity contribution in [3.8, 4) is 0 Å². The third-order valence-electron chi connectivity index (χ3n) is 2.15. The number of aliphatic carboxylic acids is 2. The molecule has 0 saturated heterocycles. The number of rotatable bonds is 6. The average molecular weight is 370 g/mol. The van der Waals surface area contributed by atoms with Crippen LogP contribution >= 0.6 is 15.9 Å². The summed E-state index contributed by atoms with van der Waals surface area (Å²) in [6, 6.07) is 2.84. The van der Waals surface area contributed by atoms with Crippen molar-refractivity contribution in [1.29, 1.82) is 0 Å². The van der Waals surface area contributed by atoms with Crippen LogP contribution < -0.4 is 0 Å². The van der Waals surface area contributed by atoms with Gasteiger partial charge >= 0.3 is 11.9 Å². The molecule has 0 aliphatic rings. The number of carboxylic acid groups (broad SMARTS) is 2.